The molecule has 0 spiro atoms. The van der Waals surface area contributed by atoms with Gasteiger partial charge in [-0.25, -0.2) is 9.59 Å². The van der Waals surface area contributed by atoms with Crippen LogP contribution in [0.4, 0.5) is 10.5 Å². The molecule has 5 heteroatoms. The van der Waals surface area contributed by atoms with Crippen LogP contribution in [0.3, 0.4) is 0 Å². The van der Waals surface area contributed by atoms with Crippen molar-refractivity contribution in [3.05, 3.63) is 51.5 Å². The van der Waals surface area contributed by atoms with E-state index in [1.807, 2.05) is 38.1 Å². The number of rotatable bonds is 1. The molecule has 1 aromatic heterocycles. The van der Waals surface area contributed by atoms with Gasteiger partial charge in [0.05, 0.1) is 11.3 Å². The van der Waals surface area contributed by atoms with Crippen LogP contribution in [0.2, 0.25) is 0 Å². The van der Waals surface area contributed by atoms with Crippen LogP contribution in [-0.4, -0.2) is 17.3 Å². The van der Waals surface area contributed by atoms with Crippen LogP contribution in [0.1, 0.15) is 36.6 Å². The lowest BCUT2D eigenvalue weighted by Crippen LogP contribution is -2.33. The zero-order chi connectivity index (χ0) is 15.1. The van der Waals surface area contributed by atoms with E-state index in [1.54, 1.807) is 11.8 Å². The van der Waals surface area contributed by atoms with E-state index in [-0.39, 0.29) is 11.9 Å². The fourth-order valence-electron chi connectivity index (χ4n) is 2.94. The van der Waals surface area contributed by atoms with Gasteiger partial charge in [0.2, 0.25) is 0 Å². The molecule has 110 valence electrons. The van der Waals surface area contributed by atoms with Gasteiger partial charge in [-0.15, -0.1) is 4.74 Å². The summed E-state index contributed by atoms with van der Waals surface area (Å²) >= 11 is 0. The summed E-state index contributed by atoms with van der Waals surface area (Å²) in [6.07, 6.45) is 0.823. The van der Waals surface area contributed by atoms with E-state index in [9.17, 15) is 9.59 Å². The van der Waals surface area contributed by atoms with Crippen molar-refractivity contribution in [2.45, 2.75) is 33.1 Å². The standard InChI is InChI=1S/C16H18N2O3/c1-10(2)14-11(3)18(21-15(14)19)16(20)17-9-8-12-6-4-5-7-13(12)17/h4-7,10H,8-9H2,1-3H3. The maximum absolute atomic E-state index is 12.7. The SMILES string of the molecule is Cc1c(C(C)C)c(=O)on1C(=O)N1CCc2ccccc21. The number of carbonyl (C=O) groups excluding carboxylic acids is 1. The Hall–Kier alpha value is -2.30. The number of amides is 1. The molecular weight excluding hydrogens is 268 g/mol. The maximum atomic E-state index is 12.7. The van der Waals surface area contributed by atoms with Crippen LogP contribution in [0.25, 0.3) is 0 Å². The van der Waals surface area contributed by atoms with Crippen molar-refractivity contribution >= 4 is 11.7 Å². The average Bonchev–Trinajstić information content (AvgIpc) is 2.99. The Balaban J connectivity index is 2.02. The van der Waals surface area contributed by atoms with Crippen molar-refractivity contribution in [3.8, 4) is 0 Å². The lowest BCUT2D eigenvalue weighted by Gasteiger charge is -2.17. The highest BCUT2D eigenvalue weighted by molar-refractivity contribution is 5.95. The number of benzene rings is 1. The fourth-order valence-corrected chi connectivity index (χ4v) is 2.94. The first-order valence-corrected chi connectivity index (χ1v) is 7.13. The van der Waals surface area contributed by atoms with Crippen LogP contribution >= 0.6 is 0 Å². The van der Waals surface area contributed by atoms with Gasteiger partial charge in [-0.3, -0.25) is 4.90 Å². The zero-order valence-corrected chi connectivity index (χ0v) is 12.4. The van der Waals surface area contributed by atoms with Crippen molar-refractivity contribution in [1.29, 1.82) is 0 Å². The Bertz CT molecular complexity index is 755. The van der Waals surface area contributed by atoms with Crippen molar-refractivity contribution in [2.24, 2.45) is 0 Å². The van der Waals surface area contributed by atoms with Gasteiger partial charge in [0, 0.05) is 12.2 Å². The molecule has 5 nitrogen and oxygen atoms in total. The van der Waals surface area contributed by atoms with Crippen molar-refractivity contribution in [1.82, 2.24) is 4.74 Å². The number of carbonyl (C=O) groups is 1. The summed E-state index contributed by atoms with van der Waals surface area (Å²) in [5.41, 5.74) is 2.76. The molecular formula is C16H18N2O3. The molecule has 0 fully saturated rings. The van der Waals surface area contributed by atoms with Crippen LogP contribution in [0.15, 0.2) is 33.6 Å². The number of hydrogen-bond acceptors (Lipinski definition) is 3. The van der Waals surface area contributed by atoms with E-state index in [0.29, 0.717) is 17.8 Å². The highest BCUT2D eigenvalue weighted by Gasteiger charge is 2.29. The minimum Gasteiger partial charge on any atom is -0.327 e. The summed E-state index contributed by atoms with van der Waals surface area (Å²) in [4.78, 5) is 26.2. The third-order valence-electron chi connectivity index (χ3n) is 3.96. The number of hydrogen-bond donors (Lipinski definition) is 0. The maximum Gasteiger partial charge on any atom is 0.362 e. The number of anilines is 1. The van der Waals surface area contributed by atoms with E-state index < -0.39 is 5.63 Å². The summed E-state index contributed by atoms with van der Waals surface area (Å²) in [5, 5.41) is 0. The largest absolute Gasteiger partial charge is 0.362 e. The summed E-state index contributed by atoms with van der Waals surface area (Å²) < 4.78 is 6.29. The minimum atomic E-state index is -0.427. The molecule has 21 heavy (non-hydrogen) atoms. The first-order valence-electron chi connectivity index (χ1n) is 7.13. The number of aromatic nitrogens is 1. The summed E-state index contributed by atoms with van der Waals surface area (Å²) in [6.45, 7) is 6.19. The molecule has 0 radical (unpaired) electrons. The van der Waals surface area contributed by atoms with Gasteiger partial charge in [0.1, 0.15) is 0 Å². The zero-order valence-electron chi connectivity index (χ0n) is 12.4. The Kier molecular flexibility index (Phi) is 3.20. The molecule has 0 saturated heterocycles. The Morgan fingerprint density at radius 3 is 2.67 bits per heavy atom. The van der Waals surface area contributed by atoms with E-state index in [0.717, 1.165) is 22.4 Å². The third kappa shape index (κ3) is 2.09. The number of fused-ring (bicyclic) bond motifs is 1. The van der Waals surface area contributed by atoms with Crippen LogP contribution in [0.5, 0.6) is 0 Å². The van der Waals surface area contributed by atoms with Gasteiger partial charge < -0.3 is 4.52 Å². The normalized spacial score (nSPS) is 13.8. The Morgan fingerprint density at radius 1 is 1.29 bits per heavy atom. The molecule has 0 saturated carbocycles. The highest BCUT2D eigenvalue weighted by Crippen LogP contribution is 2.28. The van der Waals surface area contributed by atoms with Crippen molar-refractivity contribution in [2.75, 3.05) is 11.4 Å². The predicted octanol–water partition coefficient (Wildman–Crippen LogP) is 2.90. The topological polar surface area (TPSA) is 55.5 Å². The first-order chi connectivity index (χ1) is 10.0. The molecule has 2 aromatic rings. The summed E-state index contributed by atoms with van der Waals surface area (Å²) in [5.74, 6) is 0.0289. The quantitative estimate of drug-likeness (QED) is 0.810. The van der Waals surface area contributed by atoms with Crippen LogP contribution in [-0.2, 0) is 6.42 Å². The number of nitrogens with zero attached hydrogens (tertiary/aromatic N) is 2. The second kappa shape index (κ2) is 4.91. The predicted molar refractivity (Wildman–Crippen MR) is 80.1 cm³/mol. The lowest BCUT2D eigenvalue weighted by molar-refractivity contribution is 0.211. The monoisotopic (exact) mass is 286 g/mol. The van der Waals surface area contributed by atoms with Crippen molar-refractivity contribution < 1.29 is 9.32 Å². The first kappa shape index (κ1) is 13.7. The fraction of sp³-hybridized carbons (Fsp3) is 0.375. The molecule has 3 rings (SSSR count). The van der Waals surface area contributed by atoms with Crippen molar-refractivity contribution in [3.63, 3.8) is 0 Å². The molecule has 0 atom stereocenters. The van der Waals surface area contributed by atoms with Gasteiger partial charge in [-0.05, 0) is 30.9 Å². The molecule has 0 bridgehead atoms. The Morgan fingerprint density at radius 2 is 2.00 bits per heavy atom. The van der Waals surface area contributed by atoms with E-state index in [1.165, 1.54) is 0 Å². The van der Waals surface area contributed by atoms with E-state index >= 15 is 0 Å². The molecule has 2 heterocycles. The second-order valence-electron chi connectivity index (χ2n) is 5.64. The summed E-state index contributed by atoms with van der Waals surface area (Å²) in [6, 6.07) is 7.50. The smallest absolute Gasteiger partial charge is 0.327 e. The number of para-hydroxylation sites is 1. The molecule has 1 aliphatic rings. The molecule has 0 N–H and O–H groups in total. The van der Waals surface area contributed by atoms with Gasteiger partial charge in [0.25, 0.3) is 0 Å². The third-order valence-corrected chi connectivity index (χ3v) is 3.96. The van der Waals surface area contributed by atoms with E-state index in [4.69, 9.17) is 4.52 Å². The summed E-state index contributed by atoms with van der Waals surface area (Å²) in [7, 11) is 0. The second-order valence-corrected chi connectivity index (χ2v) is 5.64. The Labute approximate surface area is 122 Å². The van der Waals surface area contributed by atoms with Gasteiger partial charge >= 0.3 is 11.7 Å². The van der Waals surface area contributed by atoms with Crippen LogP contribution in [0, 0.1) is 6.92 Å². The van der Waals surface area contributed by atoms with Gasteiger partial charge in [-0.2, -0.15) is 0 Å². The van der Waals surface area contributed by atoms with Gasteiger partial charge in [-0.1, -0.05) is 32.0 Å². The molecule has 0 aliphatic carbocycles. The lowest BCUT2D eigenvalue weighted by atomic mass is 10.1. The van der Waals surface area contributed by atoms with E-state index in [2.05, 4.69) is 0 Å². The molecule has 1 aliphatic heterocycles. The molecule has 0 unspecified atom stereocenters. The minimum absolute atomic E-state index is 0.0289. The molecule has 1 aromatic carbocycles. The molecule has 1 amide bonds. The average molecular weight is 286 g/mol. The van der Waals surface area contributed by atoms with Crippen LogP contribution < -0.4 is 10.5 Å². The highest BCUT2D eigenvalue weighted by atomic mass is 16.5. The van der Waals surface area contributed by atoms with Gasteiger partial charge in [0.15, 0.2) is 0 Å².